The van der Waals surface area contributed by atoms with Gasteiger partial charge in [0.15, 0.2) is 0 Å². The summed E-state index contributed by atoms with van der Waals surface area (Å²) in [6.45, 7) is 5.75. The SMILES string of the molecule is CC(C)C[C@H](NC(=O)[C@H](CC(N)=O)NC(=O)[C@@H](N)CO)C(=O)N[C@@H](C)C(=O)N[C@@H](C)C(=O)N[C@@H](Cc1ccccc1)C(=O)N1CCC[C@H]1C(=O)O. The second-order valence-electron chi connectivity index (χ2n) is 13.0. The van der Waals surface area contributed by atoms with Crippen LogP contribution in [0, 0.1) is 5.92 Å². The van der Waals surface area contributed by atoms with Crippen molar-refractivity contribution in [3.05, 3.63) is 35.9 Å². The topological polar surface area (TPSA) is 292 Å². The lowest BCUT2D eigenvalue weighted by molar-refractivity contribution is -0.149. The maximum Gasteiger partial charge on any atom is 0.326 e. The molecule has 282 valence electrons. The number of nitrogens with one attached hydrogen (secondary N) is 5. The number of carbonyl (C=O) groups is 8. The number of benzene rings is 1. The van der Waals surface area contributed by atoms with E-state index in [2.05, 4.69) is 26.6 Å². The second-order valence-corrected chi connectivity index (χ2v) is 13.0. The van der Waals surface area contributed by atoms with Crippen molar-refractivity contribution in [2.45, 2.75) is 102 Å². The average Bonchev–Trinajstić information content (AvgIpc) is 3.57. The molecule has 18 nitrogen and oxygen atoms in total. The highest BCUT2D eigenvalue weighted by atomic mass is 16.4. The number of carbonyl (C=O) groups excluding carboxylic acids is 7. The first kappa shape index (κ1) is 42.1. The summed E-state index contributed by atoms with van der Waals surface area (Å²) in [5.41, 5.74) is 11.4. The quantitative estimate of drug-likeness (QED) is 0.0695. The van der Waals surface area contributed by atoms with Crippen LogP contribution in [0.4, 0.5) is 0 Å². The van der Waals surface area contributed by atoms with E-state index in [4.69, 9.17) is 16.6 Å². The van der Waals surface area contributed by atoms with Gasteiger partial charge in [0.25, 0.3) is 0 Å². The number of aliphatic carboxylic acids is 1. The van der Waals surface area contributed by atoms with Crippen molar-refractivity contribution in [3.63, 3.8) is 0 Å². The van der Waals surface area contributed by atoms with Crippen molar-refractivity contribution < 1.29 is 48.6 Å². The molecule has 51 heavy (non-hydrogen) atoms. The van der Waals surface area contributed by atoms with E-state index in [1.54, 1.807) is 44.2 Å². The first-order valence-corrected chi connectivity index (χ1v) is 16.7. The number of aliphatic hydroxyl groups is 1. The summed E-state index contributed by atoms with van der Waals surface area (Å²) in [5, 5.41) is 31.0. The Bertz CT molecular complexity index is 1430. The highest BCUT2D eigenvalue weighted by Crippen LogP contribution is 2.20. The Labute approximate surface area is 295 Å². The number of hydrogen-bond donors (Lipinski definition) is 9. The Morgan fingerprint density at radius 1 is 0.784 bits per heavy atom. The third-order valence-corrected chi connectivity index (χ3v) is 8.13. The van der Waals surface area contributed by atoms with Gasteiger partial charge in [-0.1, -0.05) is 44.2 Å². The van der Waals surface area contributed by atoms with Gasteiger partial charge in [-0.25, -0.2) is 4.79 Å². The molecule has 1 aliphatic rings. The van der Waals surface area contributed by atoms with Crippen molar-refractivity contribution >= 4 is 47.3 Å². The van der Waals surface area contributed by atoms with E-state index in [-0.39, 0.29) is 31.7 Å². The number of nitrogens with zero attached hydrogens (tertiary/aromatic N) is 1. The van der Waals surface area contributed by atoms with E-state index in [1.807, 2.05) is 0 Å². The molecule has 1 fully saturated rings. The van der Waals surface area contributed by atoms with Gasteiger partial charge in [0.2, 0.25) is 41.4 Å². The van der Waals surface area contributed by atoms with Crippen LogP contribution in [0.1, 0.15) is 58.9 Å². The zero-order valence-electron chi connectivity index (χ0n) is 29.2. The molecule has 0 unspecified atom stereocenters. The molecule has 1 aromatic rings. The second kappa shape index (κ2) is 19.9. The minimum atomic E-state index is -1.51. The molecule has 0 aliphatic carbocycles. The number of carboxylic acids is 1. The summed E-state index contributed by atoms with van der Waals surface area (Å²) in [6, 6.07) is 0.169. The number of likely N-dealkylation sites (tertiary alicyclic amines) is 1. The standard InChI is InChI=1S/C33H50N8O10/c1-17(2)13-22(39-31(48)23(15-26(35)43)38-29(46)21(34)16-42)30(47)37-18(3)27(44)36-19(4)28(45)40-24(14-20-9-6-5-7-10-20)32(49)41-12-8-11-25(41)33(50)51/h5-7,9-10,17-19,21-25,42H,8,11-16,34H2,1-4H3,(H2,35,43)(H,36,44)(H,37,47)(H,38,46)(H,39,48)(H,40,45)(H,50,51)/t18-,19-,21-,22-,23-,24-,25-/m0/s1. The lowest BCUT2D eigenvalue weighted by atomic mass is 10.0. The summed E-state index contributed by atoms with van der Waals surface area (Å²) < 4.78 is 0. The molecule has 11 N–H and O–H groups in total. The third kappa shape index (κ3) is 13.3. The summed E-state index contributed by atoms with van der Waals surface area (Å²) >= 11 is 0. The molecule has 0 spiro atoms. The normalized spacial score (nSPS) is 17.5. The predicted molar refractivity (Wildman–Crippen MR) is 182 cm³/mol. The Morgan fingerprint density at radius 3 is 1.86 bits per heavy atom. The molecule has 0 aromatic heterocycles. The molecule has 7 atom stereocenters. The van der Waals surface area contributed by atoms with Gasteiger partial charge in [-0.2, -0.15) is 0 Å². The molecule has 1 saturated heterocycles. The van der Waals surface area contributed by atoms with Gasteiger partial charge >= 0.3 is 5.97 Å². The van der Waals surface area contributed by atoms with Crippen LogP contribution in [0.5, 0.6) is 0 Å². The Kier molecular flexibility index (Phi) is 16.4. The Balaban J connectivity index is 2.11. The minimum Gasteiger partial charge on any atom is -0.480 e. The predicted octanol–water partition coefficient (Wildman–Crippen LogP) is -2.99. The van der Waals surface area contributed by atoms with E-state index < -0.39 is 103 Å². The molecule has 0 bridgehead atoms. The molecular formula is C33H50N8O10. The molecular weight excluding hydrogens is 668 g/mol. The number of hydrogen-bond acceptors (Lipinski definition) is 10. The van der Waals surface area contributed by atoms with Crippen molar-refractivity contribution in [2.75, 3.05) is 13.2 Å². The fourth-order valence-corrected chi connectivity index (χ4v) is 5.36. The number of carboxylic acid groups (broad SMARTS) is 1. The molecule has 1 aromatic carbocycles. The first-order valence-electron chi connectivity index (χ1n) is 16.7. The van der Waals surface area contributed by atoms with Crippen LogP contribution < -0.4 is 38.1 Å². The Morgan fingerprint density at radius 2 is 1.31 bits per heavy atom. The monoisotopic (exact) mass is 718 g/mol. The van der Waals surface area contributed by atoms with E-state index in [9.17, 15) is 43.5 Å². The fraction of sp³-hybridized carbons (Fsp3) is 0.576. The molecule has 0 saturated carbocycles. The summed E-state index contributed by atoms with van der Waals surface area (Å²) in [6.07, 6.45) is 0.322. The van der Waals surface area contributed by atoms with Crippen LogP contribution in [-0.4, -0.2) is 118 Å². The van der Waals surface area contributed by atoms with Gasteiger partial charge in [0, 0.05) is 13.0 Å². The van der Waals surface area contributed by atoms with Crippen molar-refractivity contribution in [2.24, 2.45) is 17.4 Å². The van der Waals surface area contributed by atoms with Crippen LogP contribution in [0.3, 0.4) is 0 Å². The van der Waals surface area contributed by atoms with Gasteiger partial charge in [0.05, 0.1) is 13.0 Å². The first-order chi connectivity index (χ1) is 23.9. The summed E-state index contributed by atoms with van der Waals surface area (Å²) in [5.74, 6) is -6.91. The molecule has 1 aliphatic heterocycles. The lowest BCUT2D eigenvalue weighted by Gasteiger charge is -2.28. The smallest absolute Gasteiger partial charge is 0.326 e. The van der Waals surface area contributed by atoms with Gasteiger partial charge < -0.3 is 53.2 Å². The van der Waals surface area contributed by atoms with Gasteiger partial charge in [-0.15, -0.1) is 0 Å². The van der Waals surface area contributed by atoms with Crippen LogP contribution in [0.2, 0.25) is 0 Å². The molecule has 2 rings (SSSR count). The third-order valence-electron chi connectivity index (χ3n) is 8.13. The van der Waals surface area contributed by atoms with Gasteiger partial charge in [-0.3, -0.25) is 33.6 Å². The number of nitrogens with two attached hydrogens (primary N) is 2. The van der Waals surface area contributed by atoms with Crippen LogP contribution in [0.15, 0.2) is 30.3 Å². The van der Waals surface area contributed by atoms with E-state index >= 15 is 0 Å². The van der Waals surface area contributed by atoms with Crippen molar-refractivity contribution in [1.82, 2.24) is 31.5 Å². The zero-order chi connectivity index (χ0) is 38.4. The molecule has 18 heteroatoms. The lowest BCUT2D eigenvalue weighted by Crippen LogP contribution is -2.59. The van der Waals surface area contributed by atoms with Crippen molar-refractivity contribution in [1.29, 1.82) is 0 Å². The highest BCUT2D eigenvalue weighted by molar-refractivity contribution is 5.97. The zero-order valence-corrected chi connectivity index (χ0v) is 29.2. The summed E-state index contributed by atoms with van der Waals surface area (Å²) in [7, 11) is 0. The number of rotatable bonds is 19. The van der Waals surface area contributed by atoms with Gasteiger partial charge in [0.1, 0.15) is 42.3 Å². The average molecular weight is 719 g/mol. The fourth-order valence-electron chi connectivity index (χ4n) is 5.36. The maximum atomic E-state index is 13.5. The van der Waals surface area contributed by atoms with Crippen molar-refractivity contribution in [3.8, 4) is 0 Å². The molecule has 0 radical (unpaired) electrons. The number of primary amides is 1. The Hall–Kier alpha value is -5.10. The molecule has 7 amide bonds. The van der Waals surface area contributed by atoms with E-state index in [0.717, 1.165) is 5.56 Å². The van der Waals surface area contributed by atoms with Crippen LogP contribution in [-0.2, 0) is 44.8 Å². The highest BCUT2D eigenvalue weighted by Gasteiger charge is 2.38. The van der Waals surface area contributed by atoms with E-state index in [1.165, 1.54) is 18.7 Å². The van der Waals surface area contributed by atoms with Gasteiger partial charge in [-0.05, 0) is 44.6 Å². The summed E-state index contributed by atoms with van der Waals surface area (Å²) in [4.78, 5) is 103. The number of amides is 7. The van der Waals surface area contributed by atoms with E-state index in [0.29, 0.717) is 6.42 Å². The van der Waals surface area contributed by atoms with Crippen LogP contribution >= 0.6 is 0 Å². The largest absolute Gasteiger partial charge is 0.480 e. The number of aliphatic hydroxyl groups excluding tert-OH is 1. The molecule has 1 heterocycles. The minimum absolute atomic E-state index is 0.0720. The maximum absolute atomic E-state index is 13.5. The van der Waals surface area contributed by atoms with Crippen LogP contribution in [0.25, 0.3) is 0 Å².